The highest BCUT2D eigenvalue weighted by Crippen LogP contribution is 2.27. The molecule has 4 aromatic rings. The van der Waals surface area contributed by atoms with Crippen molar-refractivity contribution in [1.82, 2.24) is 15.0 Å². The maximum absolute atomic E-state index is 14.0. The third-order valence-electron chi connectivity index (χ3n) is 3.65. The van der Waals surface area contributed by atoms with Gasteiger partial charge in [0, 0.05) is 23.3 Å². The molecule has 2 heterocycles. The average molecular weight is 316 g/mol. The summed E-state index contributed by atoms with van der Waals surface area (Å²) in [6.45, 7) is 0. The Morgan fingerprint density at radius 2 is 1.67 bits per heavy atom. The Bertz CT molecular complexity index is 1000. The summed E-state index contributed by atoms with van der Waals surface area (Å²) in [7, 11) is 0. The van der Waals surface area contributed by atoms with Gasteiger partial charge in [0.05, 0.1) is 11.2 Å². The largest absolute Gasteiger partial charge is 0.337 e. The average Bonchev–Trinajstić information content (AvgIpc) is 2.64. The van der Waals surface area contributed by atoms with Gasteiger partial charge < -0.3 is 5.32 Å². The van der Waals surface area contributed by atoms with Crippen molar-refractivity contribution >= 4 is 22.4 Å². The summed E-state index contributed by atoms with van der Waals surface area (Å²) in [6, 6.07) is 17.9. The molecule has 4 rings (SSSR count). The Morgan fingerprint density at radius 3 is 2.50 bits per heavy atom. The lowest BCUT2D eigenvalue weighted by Gasteiger charge is -2.11. The van der Waals surface area contributed by atoms with Gasteiger partial charge in [-0.3, -0.25) is 4.98 Å². The van der Waals surface area contributed by atoms with Crippen molar-refractivity contribution in [2.45, 2.75) is 0 Å². The summed E-state index contributed by atoms with van der Waals surface area (Å²) < 4.78 is 14.0. The first-order valence-electron chi connectivity index (χ1n) is 7.50. The van der Waals surface area contributed by atoms with E-state index in [0.29, 0.717) is 17.3 Å². The van der Waals surface area contributed by atoms with E-state index in [2.05, 4.69) is 20.3 Å². The van der Waals surface area contributed by atoms with Crippen LogP contribution in [-0.2, 0) is 0 Å². The Hall–Kier alpha value is -3.34. The normalized spacial score (nSPS) is 10.7. The van der Waals surface area contributed by atoms with Crippen molar-refractivity contribution in [2.75, 3.05) is 5.32 Å². The first-order valence-corrected chi connectivity index (χ1v) is 7.50. The lowest BCUT2D eigenvalue weighted by molar-refractivity contribution is 0.632. The van der Waals surface area contributed by atoms with Crippen molar-refractivity contribution in [2.24, 2.45) is 0 Å². The SMILES string of the molecule is Fc1ccccc1Nc1nc(-c2cccnc2)nc2ccccc12. The third kappa shape index (κ3) is 2.67. The minimum absolute atomic E-state index is 0.330. The zero-order valence-electron chi connectivity index (χ0n) is 12.6. The number of benzene rings is 2. The fourth-order valence-corrected chi connectivity index (χ4v) is 2.49. The first-order chi connectivity index (χ1) is 11.8. The summed E-state index contributed by atoms with van der Waals surface area (Å²) in [5.41, 5.74) is 1.96. The van der Waals surface area contributed by atoms with Crippen molar-refractivity contribution in [3.63, 3.8) is 0 Å². The van der Waals surface area contributed by atoms with Crippen LogP contribution in [0.4, 0.5) is 15.9 Å². The van der Waals surface area contributed by atoms with Gasteiger partial charge in [-0.05, 0) is 36.4 Å². The second-order valence-corrected chi connectivity index (χ2v) is 5.26. The molecule has 0 saturated carbocycles. The molecule has 4 nitrogen and oxygen atoms in total. The highest BCUT2D eigenvalue weighted by Gasteiger charge is 2.11. The van der Waals surface area contributed by atoms with Gasteiger partial charge in [-0.25, -0.2) is 14.4 Å². The molecule has 1 N–H and O–H groups in total. The van der Waals surface area contributed by atoms with Crippen LogP contribution in [0.25, 0.3) is 22.3 Å². The van der Waals surface area contributed by atoms with Crippen LogP contribution >= 0.6 is 0 Å². The highest BCUT2D eigenvalue weighted by atomic mass is 19.1. The molecular formula is C19H13FN4. The maximum Gasteiger partial charge on any atom is 0.163 e. The molecule has 0 atom stereocenters. The second kappa shape index (κ2) is 6.04. The Balaban J connectivity index is 1.88. The molecule has 116 valence electrons. The number of nitrogens with one attached hydrogen (secondary N) is 1. The van der Waals surface area contributed by atoms with Gasteiger partial charge in [0.15, 0.2) is 5.82 Å². The van der Waals surface area contributed by atoms with Crippen LogP contribution in [-0.4, -0.2) is 15.0 Å². The summed E-state index contributed by atoms with van der Waals surface area (Å²) in [5.74, 6) is 0.772. The maximum atomic E-state index is 14.0. The molecular weight excluding hydrogens is 303 g/mol. The number of nitrogens with zero attached hydrogens (tertiary/aromatic N) is 3. The minimum atomic E-state index is -0.330. The molecule has 0 radical (unpaired) electrons. The van der Waals surface area contributed by atoms with Gasteiger partial charge in [0.25, 0.3) is 0 Å². The number of aromatic nitrogens is 3. The molecule has 24 heavy (non-hydrogen) atoms. The molecule has 0 amide bonds. The number of pyridine rings is 1. The van der Waals surface area contributed by atoms with Gasteiger partial charge in [-0.15, -0.1) is 0 Å². The fourth-order valence-electron chi connectivity index (χ4n) is 2.49. The van der Waals surface area contributed by atoms with E-state index in [1.165, 1.54) is 6.07 Å². The number of rotatable bonds is 3. The van der Waals surface area contributed by atoms with Crippen molar-refractivity contribution in [3.8, 4) is 11.4 Å². The number of halogens is 1. The highest BCUT2D eigenvalue weighted by molar-refractivity contribution is 5.92. The number of hydrogen-bond donors (Lipinski definition) is 1. The minimum Gasteiger partial charge on any atom is -0.337 e. The summed E-state index contributed by atoms with van der Waals surface area (Å²) in [5, 5.41) is 3.91. The standard InChI is InChI=1S/C19H13FN4/c20-15-8-2-4-10-17(15)23-19-14-7-1-3-9-16(14)22-18(24-19)13-6-5-11-21-12-13/h1-12H,(H,22,23,24). The van der Waals surface area contributed by atoms with E-state index < -0.39 is 0 Å². The van der Waals surface area contributed by atoms with Gasteiger partial charge in [0.2, 0.25) is 0 Å². The van der Waals surface area contributed by atoms with E-state index in [-0.39, 0.29) is 5.82 Å². The van der Waals surface area contributed by atoms with Crippen molar-refractivity contribution < 1.29 is 4.39 Å². The molecule has 0 aliphatic carbocycles. The van der Waals surface area contributed by atoms with Gasteiger partial charge >= 0.3 is 0 Å². The Kier molecular flexibility index (Phi) is 3.59. The van der Waals surface area contributed by atoms with Crippen LogP contribution in [0.15, 0.2) is 73.1 Å². The molecule has 0 bridgehead atoms. The van der Waals surface area contributed by atoms with Crippen LogP contribution in [0, 0.1) is 5.82 Å². The molecule has 0 aliphatic heterocycles. The van der Waals surface area contributed by atoms with Crippen LogP contribution in [0.1, 0.15) is 0 Å². The van der Waals surface area contributed by atoms with Crippen LogP contribution in [0.2, 0.25) is 0 Å². The number of para-hydroxylation sites is 2. The first kappa shape index (κ1) is 14.3. The lowest BCUT2D eigenvalue weighted by Crippen LogP contribution is -2.00. The molecule has 0 fully saturated rings. The summed E-state index contributed by atoms with van der Waals surface area (Å²) >= 11 is 0. The van der Waals surface area contributed by atoms with E-state index in [4.69, 9.17) is 0 Å². The molecule has 0 saturated heterocycles. The number of fused-ring (bicyclic) bond motifs is 1. The van der Waals surface area contributed by atoms with E-state index in [0.717, 1.165) is 16.5 Å². The zero-order valence-corrected chi connectivity index (χ0v) is 12.6. The van der Waals surface area contributed by atoms with E-state index in [1.807, 2.05) is 36.4 Å². The molecule has 0 spiro atoms. The van der Waals surface area contributed by atoms with E-state index in [1.54, 1.807) is 30.6 Å². The van der Waals surface area contributed by atoms with Crippen LogP contribution in [0.3, 0.4) is 0 Å². The number of anilines is 2. The lowest BCUT2D eigenvalue weighted by atomic mass is 10.2. The second-order valence-electron chi connectivity index (χ2n) is 5.26. The summed E-state index contributed by atoms with van der Waals surface area (Å²) in [4.78, 5) is 13.3. The van der Waals surface area contributed by atoms with Crippen molar-refractivity contribution in [3.05, 3.63) is 78.9 Å². The molecule has 0 aliphatic rings. The molecule has 0 unspecified atom stereocenters. The van der Waals surface area contributed by atoms with Crippen LogP contribution in [0.5, 0.6) is 0 Å². The monoisotopic (exact) mass is 316 g/mol. The van der Waals surface area contributed by atoms with Gasteiger partial charge in [0.1, 0.15) is 11.6 Å². The van der Waals surface area contributed by atoms with E-state index >= 15 is 0 Å². The predicted octanol–water partition coefficient (Wildman–Crippen LogP) is 4.57. The van der Waals surface area contributed by atoms with Gasteiger partial charge in [-0.2, -0.15) is 0 Å². The van der Waals surface area contributed by atoms with E-state index in [9.17, 15) is 4.39 Å². The fraction of sp³-hybridized carbons (Fsp3) is 0. The topological polar surface area (TPSA) is 50.7 Å². The third-order valence-corrected chi connectivity index (χ3v) is 3.65. The summed E-state index contributed by atoms with van der Waals surface area (Å²) in [6.07, 6.45) is 3.40. The van der Waals surface area contributed by atoms with Crippen LogP contribution < -0.4 is 5.32 Å². The van der Waals surface area contributed by atoms with Gasteiger partial charge in [-0.1, -0.05) is 24.3 Å². The zero-order chi connectivity index (χ0) is 16.4. The molecule has 2 aromatic carbocycles. The predicted molar refractivity (Wildman–Crippen MR) is 92.5 cm³/mol. The quantitative estimate of drug-likeness (QED) is 0.601. The Labute approximate surface area is 138 Å². The molecule has 2 aromatic heterocycles. The smallest absolute Gasteiger partial charge is 0.163 e. The molecule has 5 heteroatoms. The Morgan fingerprint density at radius 1 is 0.833 bits per heavy atom. The number of hydrogen-bond acceptors (Lipinski definition) is 4. The van der Waals surface area contributed by atoms with Crippen molar-refractivity contribution in [1.29, 1.82) is 0 Å².